The minimum atomic E-state index is -1.91. The second-order valence-electron chi connectivity index (χ2n) is 20.3. The Hall–Kier alpha value is -3.32. The van der Waals surface area contributed by atoms with Gasteiger partial charge >= 0.3 is 23.9 Å². The van der Waals surface area contributed by atoms with Crippen LogP contribution in [-0.2, 0) is 42.9 Å². The molecule has 0 aromatic rings. The molecule has 1 rings (SSSR count). The lowest BCUT2D eigenvalue weighted by molar-refractivity contribution is -0.301. The smallest absolute Gasteiger partial charge is 0.335 e. The number of rotatable bonds is 50. The average molecular weight is 1030 g/mol. The van der Waals surface area contributed by atoms with E-state index in [4.69, 9.17) is 23.7 Å². The Labute approximate surface area is 443 Å². The van der Waals surface area contributed by atoms with E-state index in [1.54, 1.807) is 0 Å². The number of allylic oxidation sites excluding steroid dienone is 8. The first kappa shape index (κ1) is 67.7. The molecular formula is C61H106O12. The number of carbonyl (C=O) groups is 4. The van der Waals surface area contributed by atoms with Gasteiger partial charge in [-0.05, 0) is 57.8 Å². The molecule has 0 radical (unpaired) electrons. The molecule has 0 saturated carbocycles. The quantitative estimate of drug-likeness (QED) is 0.0228. The number of aliphatic carboxylic acids is 1. The van der Waals surface area contributed by atoms with E-state index in [9.17, 15) is 34.5 Å². The van der Waals surface area contributed by atoms with Crippen LogP contribution in [0.1, 0.15) is 265 Å². The molecule has 0 aliphatic carbocycles. The molecular weight excluding hydrogens is 925 g/mol. The number of aliphatic hydroxyl groups is 2. The molecule has 12 heteroatoms. The van der Waals surface area contributed by atoms with Gasteiger partial charge in [0, 0.05) is 19.3 Å². The van der Waals surface area contributed by atoms with Crippen molar-refractivity contribution in [3.05, 3.63) is 48.6 Å². The zero-order valence-corrected chi connectivity index (χ0v) is 46.4. The molecule has 3 N–H and O–H groups in total. The van der Waals surface area contributed by atoms with Crippen molar-refractivity contribution in [3.63, 3.8) is 0 Å². The molecule has 6 atom stereocenters. The van der Waals surface area contributed by atoms with Crippen LogP contribution >= 0.6 is 0 Å². The van der Waals surface area contributed by atoms with Gasteiger partial charge in [-0.2, -0.15) is 0 Å². The maximum atomic E-state index is 13.1. The Morgan fingerprint density at radius 3 is 1.32 bits per heavy atom. The van der Waals surface area contributed by atoms with E-state index in [-0.39, 0.29) is 25.9 Å². The third-order valence-electron chi connectivity index (χ3n) is 13.4. The van der Waals surface area contributed by atoms with Gasteiger partial charge in [0.1, 0.15) is 18.8 Å². The fourth-order valence-corrected chi connectivity index (χ4v) is 8.89. The van der Waals surface area contributed by atoms with E-state index in [0.29, 0.717) is 25.7 Å². The summed E-state index contributed by atoms with van der Waals surface area (Å²) >= 11 is 0. The maximum absolute atomic E-state index is 13.1. The van der Waals surface area contributed by atoms with Gasteiger partial charge < -0.3 is 39.0 Å². The summed E-state index contributed by atoms with van der Waals surface area (Å²) in [4.78, 5) is 51.0. The lowest BCUT2D eigenvalue weighted by Gasteiger charge is -2.40. The van der Waals surface area contributed by atoms with Gasteiger partial charge in [0.2, 0.25) is 0 Å². The van der Waals surface area contributed by atoms with Crippen molar-refractivity contribution in [2.45, 2.75) is 302 Å². The van der Waals surface area contributed by atoms with Crippen molar-refractivity contribution < 1.29 is 58.2 Å². The summed E-state index contributed by atoms with van der Waals surface area (Å²) in [5.74, 6) is -3.16. The Bertz CT molecular complexity index is 1460. The second kappa shape index (κ2) is 49.6. The Morgan fingerprint density at radius 2 is 0.863 bits per heavy atom. The predicted molar refractivity (Wildman–Crippen MR) is 294 cm³/mol. The molecule has 12 nitrogen and oxygen atoms in total. The Kier molecular flexibility index (Phi) is 45.9. The standard InChI is InChI=1S/C61H106O12/c1-4-7-10-13-16-19-21-23-25-26-27-28-30-31-33-36-38-41-44-47-53(62)69-50-52(71-54(63)48-45-42-39-35-18-15-12-9-6-3)51-70-61-59(57(66)56(65)58(73-61)60(67)68)72-55(64)49-46-43-40-37-34-32-29-24-22-20-17-14-11-8-5-2/h8,11,17,20,24,29,34,37,52,56-59,61,65-66H,4-7,9-10,12-16,18-19,21-23,25-28,30-33,35-36,38-51H2,1-3H3,(H,67,68)/b11-8-,20-17-,29-24-,37-34-. The first-order valence-corrected chi connectivity index (χ1v) is 29.6. The topological polar surface area (TPSA) is 175 Å². The number of esters is 3. The monoisotopic (exact) mass is 1030 g/mol. The van der Waals surface area contributed by atoms with Crippen molar-refractivity contribution >= 4 is 23.9 Å². The van der Waals surface area contributed by atoms with E-state index in [1.807, 2.05) is 0 Å². The van der Waals surface area contributed by atoms with Crippen molar-refractivity contribution in [1.29, 1.82) is 0 Å². The molecule has 0 amide bonds. The number of hydrogen-bond acceptors (Lipinski definition) is 11. The molecule has 0 spiro atoms. The summed E-state index contributed by atoms with van der Waals surface area (Å²) in [5, 5.41) is 31.4. The Balaban J connectivity index is 2.64. The largest absolute Gasteiger partial charge is 0.479 e. The molecule has 1 fully saturated rings. The summed E-state index contributed by atoms with van der Waals surface area (Å²) in [5.41, 5.74) is 0. The summed E-state index contributed by atoms with van der Waals surface area (Å²) in [7, 11) is 0. The summed E-state index contributed by atoms with van der Waals surface area (Å²) in [6.07, 6.45) is 46.8. The van der Waals surface area contributed by atoms with Crippen LogP contribution < -0.4 is 0 Å². The molecule has 1 aliphatic rings. The predicted octanol–water partition coefficient (Wildman–Crippen LogP) is 15.0. The highest BCUT2D eigenvalue weighted by Gasteiger charge is 2.50. The van der Waals surface area contributed by atoms with Crippen LogP contribution in [0, 0.1) is 0 Å². The minimum absolute atomic E-state index is 0.0104. The third kappa shape index (κ3) is 39.7. The first-order chi connectivity index (χ1) is 35.6. The van der Waals surface area contributed by atoms with Gasteiger partial charge in [-0.1, -0.05) is 236 Å². The van der Waals surface area contributed by atoms with E-state index in [0.717, 1.165) is 70.6 Å². The number of aliphatic hydroxyl groups excluding tert-OH is 2. The van der Waals surface area contributed by atoms with Gasteiger partial charge in [0.25, 0.3) is 0 Å². The van der Waals surface area contributed by atoms with Crippen LogP contribution in [0.3, 0.4) is 0 Å². The van der Waals surface area contributed by atoms with Crippen LogP contribution in [0.4, 0.5) is 0 Å². The molecule has 1 saturated heterocycles. The summed E-state index contributed by atoms with van der Waals surface area (Å²) < 4.78 is 28.3. The summed E-state index contributed by atoms with van der Waals surface area (Å²) in [6.45, 7) is 5.85. The lowest BCUT2D eigenvalue weighted by atomic mass is 9.98. The third-order valence-corrected chi connectivity index (χ3v) is 13.4. The number of carboxylic acid groups (broad SMARTS) is 1. The van der Waals surface area contributed by atoms with Crippen LogP contribution in [0.25, 0.3) is 0 Å². The SMILES string of the molecule is CC/C=C\C/C=C\C/C=C\C/C=C\CCCCC(=O)OC1C(OCC(COC(=O)CCCCCCCCCCCCCCCCCCCCC)OC(=O)CCCCCCCCCCC)OC(C(=O)O)C(O)C1O. The number of carboxylic acids is 1. The van der Waals surface area contributed by atoms with Crippen LogP contribution in [-0.4, -0.2) is 89.2 Å². The zero-order chi connectivity index (χ0) is 53.3. The zero-order valence-electron chi connectivity index (χ0n) is 46.4. The van der Waals surface area contributed by atoms with Gasteiger partial charge in [-0.15, -0.1) is 0 Å². The molecule has 422 valence electrons. The number of carbonyl (C=O) groups excluding carboxylic acids is 3. The minimum Gasteiger partial charge on any atom is -0.479 e. The highest BCUT2D eigenvalue weighted by Crippen LogP contribution is 2.26. The van der Waals surface area contributed by atoms with E-state index in [1.165, 1.54) is 128 Å². The van der Waals surface area contributed by atoms with E-state index in [2.05, 4.69) is 69.4 Å². The normalized spacial score (nSPS) is 18.6. The molecule has 0 bridgehead atoms. The number of unbranched alkanes of at least 4 members (excludes halogenated alkanes) is 28. The second-order valence-corrected chi connectivity index (χ2v) is 20.3. The van der Waals surface area contributed by atoms with Crippen LogP contribution in [0.2, 0.25) is 0 Å². The van der Waals surface area contributed by atoms with Crippen molar-refractivity contribution in [3.8, 4) is 0 Å². The van der Waals surface area contributed by atoms with E-state index >= 15 is 0 Å². The van der Waals surface area contributed by atoms with Crippen molar-refractivity contribution in [2.75, 3.05) is 13.2 Å². The summed E-state index contributed by atoms with van der Waals surface area (Å²) in [6, 6.07) is 0. The molecule has 6 unspecified atom stereocenters. The van der Waals surface area contributed by atoms with E-state index < -0.39 is 67.3 Å². The maximum Gasteiger partial charge on any atom is 0.335 e. The van der Waals surface area contributed by atoms with Crippen molar-refractivity contribution in [2.24, 2.45) is 0 Å². The highest BCUT2D eigenvalue weighted by molar-refractivity contribution is 5.74. The number of ether oxygens (including phenoxy) is 5. The van der Waals surface area contributed by atoms with Gasteiger partial charge in [0.15, 0.2) is 24.6 Å². The first-order valence-electron chi connectivity index (χ1n) is 29.6. The molecule has 1 aliphatic heterocycles. The van der Waals surface area contributed by atoms with Crippen molar-refractivity contribution in [1.82, 2.24) is 0 Å². The van der Waals surface area contributed by atoms with Crippen LogP contribution in [0.5, 0.6) is 0 Å². The van der Waals surface area contributed by atoms with Gasteiger partial charge in [-0.25, -0.2) is 4.79 Å². The lowest BCUT2D eigenvalue weighted by Crippen LogP contribution is -2.61. The molecule has 0 aromatic heterocycles. The van der Waals surface area contributed by atoms with Crippen LogP contribution in [0.15, 0.2) is 48.6 Å². The highest BCUT2D eigenvalue weighted by atomic mass is 16.7. The fourth-order valence-electron chi connectivity index (χ4n) is 8.89. The molecule has 73 heavy (non-hydrogen) atoms. The van der Waals surface area contributed by atoms with Gasteiger partial charge in [-0.3, -0.25) is 14.4 Å². The molecule has 1 heterocycles. The van der Waals surface area contributed by atoms with Gasteiger partial charge in [0.05, 0.1) is 6.61 Å². The number of hydrogen-bond donors (Lipinski definition) is 3. The molecule has 0 aromatic carbocycles. The average Bonchev–Trinajstić information content (AvgIpc) is 3.37. The Morgan fingerprint density at radius 1 is 0.466 bits per heavy atom. The fraction of sp³-hybridized carbons (Fsp3) is 0.803.